The van der Waals surface area contributed by atoms with Crippen LogP contribution in [0.2, 0.25) is 0 Å². The highest BCUT2D eigenvalue weighted by Crippen LogP contribution is 2.07. The van der Waals surface area contributed by atoms with Gasteiger partial charge in [0, 0.05) is 11.1 Å². The van der Waals surface area contributed by atoms with Crippen molar-refractivity contribution in [1.82, 2.24) is 15.6 Å². The Labute approximate surface area is 96.3 Å². The van der Waals surface area contributed by atoms with E-state index in [-0.39, 0.29) is 13.1 Å². The van der Waals surface area contributed by atoms with E-state index in [4.69, 9.17) is 5.26 Å². The monoisotopic (exact) mass is 238 g/mol. The molecule has 0 aliphatic heterocycles. The summed E-state index contributed by atoms with van der Waals surface area (Å²) in [5, 5.41) is 15.3. The number of carbonyl (C=O) groups excluding carboxylic acids is 2. The lowest BCUT2D eigenvalue weighted by Gasteiger charge is -2.01. The normalized spacial score (nSPS) is 9.25. The van der Waals surface area contributed by atoms with Gasteiger partial charge in [0.05, 0.1) is 12.6 Å². The lowest BCUT2D eigenvalue weighted by atomic mass is 10.5. The van der Waals surface area contributed by atoms with E-state index in [0.29, 0.717) is 0 Å². The topological polar surface area (TPSA) is 94.9 Å². The average molecular weight is 238 g/mol. The number of carbonyl (C=O) groups is 2. The van der Waals surface area contributed by atoms with Crippen molar-refractivity contribution in [3.05, 3.63) is 16.1 Å². The lowest BCUT2D eigenvalue weighted by molar-refractivity contribution is -0.139. The number of nitrogens with one attached hydrogen (secondary N) is 2. The Hall–Kier alpha value is -1.94. The number of rotatable bonds is 3. The smallest absolute Gasteiger partial charge is 0.310 e. The minimum absolute atomic E-state index is 0.178. The van der Waals surface area contributed by atoms with Crippen LogP contribution in [0.1, 0.15) is 10.7 Å². The third-order valence-corrected chi connectivity index (χ3v) is 2.57. The fourth-order valence-corrected chi connectivity index (χ4v) is 1.63. The van der Waals surface area contributed by atoms with Crippen LogP contribution in [-0.4, -0.2) is 23.3 Å². The highest BCUT2D eigenvalue weighted by Gasteiger charge is 2.12. The first-order valence-electron chi connectivity index (χ1n) is 4.47. The summed E-state index contributed by atoms with van der Waals surface area (Å²) in [7, 11) is 0. The van der Waals surface area contributed by atoms with Gasteiger partial charge < -0.3 is 10.6 Å². The Kier molecular flexibility index (Phi) is 4.42. The van der Waals surface area contributed by atoms with Gasteiger partial charge in [-0.2, -0.15) is 5.26 Å². The third kappa shape index (κ3) is 3.67. The van der Waals surface area contributed by atoms with Crippen LogP contribution in [0.5, 0.6) is 0 Å². The highest BCUT2D eigenvalue weighted by atomic mass is 32.1. The molecule has 0 fully saturated rings. The zero-order chi connectivity index (χ0) is 12.0. The Balaban J connectivity index is 2.35. The number of amides is 2. The molecule has 0 unspecified atom stereocenters. The number of hydrogen-bond acceptors (Lipinski definition) is 5. The summed E-state index contributed by atoms with van der Waals surface area (Å²) in [6.07, 6.45) is 0. The molecule has 2 amide bonds. The van der Waals surface area contributed by atoms with Gasteiger partial charge in [-0.25, -0.2) is 4.98 Å². The van der Waals surface area contributed by atoms with Gasteiger partial charge in [-0.1, -0.05) is 0 Å². The number of hydrogen-bond donors (Lipinski definition) is 2. The fourth-order valence-electron chi connectivity index (χ4n) is 0.920. The van der Waals surface area contributed by atoms with E-state index in [9.17, 15) is 9.59 Å². The van der Waals surface area contributed by atoms with Crippen LogP contribution in [0.25, 0.3) is 0 Å². The molecular formula is C9H10N4O2S. The molecular weight excluding hydrogens is 228 g/mol. The summed E-state index contributed by atoms with van der Waals surface area (Å²) in [5.41, 5.74) is 0.878. The summed E-state index contributed by atoms with van der Waals surface area (Å²) < 4.78 is 0. The van der Waals surface area contributed by atoms with Gasteiger partial charge >= 0.3 is 11.8 Å². The van der Waals surface area contributed by atoms with Gasteiger partial charge in [0.1, 0.15) is 11.6 Å². The maximum atomic E-state index is 11.2. The van der Waals surface area contributed by atoms with Crippen molar-refractivity contribution in [2.45, 2.75) is 13.5 Å². The summed E-state index contributed by atoms with van der Waals surface area (Å²) in [4.78, 5) is 26.3. The van der Waals surface area contributed by atoms with Crippen molar-refractivity contribution < 1.29 is 9.59 Å². The lowest BCUT2D eigenvalue weighted by Crippen LogP contribution is -2.39. The number of aromatic nitrogens is 1. The summed E-state index contributed by atoms with van der Waals surface area (Å²) in [6, 6.07) is 1.71. The predicted molar refractivity (Wildman–Crippen MR) is 57.3 cm³/mol. The predicted octanol–water partition coefficient (Wildman–Crippen LogP) is -0.293. The molecule has 0 radical (unpaired) electrons. The maximum absolute atomic E-state index is 11.2. The minimum Gasteiger partial charge on any atom is -0.341 e. The van der Waals surface area contributed by atoms with Crippen molar-refractivity contribution in [2.24, 2.45) is 0 Å². The zero-order valence-electron chi connectivity index (χ0n) is 8.61. The molecule has 0 saturated carbocycles. The molecule has 0 atom stereocenters. The van der Waals surface area contributed by atoms with E-state index in [1.807, 2.05) is 12.3 Å². The molecule has 0 saturated heterocycles. The third-order valence-electron chi connectivity index (χ3n) is 1.60. The molecule has 6 nitrogen and oxygen atoms in total. The second-order valence-electron chi connectivity index (χ2n) is 2.91. The van der Waals surface area contributed by atoms with E-state index in [0.717, 1.165) is 10.7 Å². The molecule has 1 rings (SSSR count). The number of nitriles is 1. The quantitative estimate of drug-likeness (QED) is 0.558. The molecule has 0 spiro atoms. The highest BCUT2D eigenvalue weighted by molar-refractivity contribution is 7.09. The van der Waals surface area contributed by atoms with Crippen LogP contribution in [-0.2, 0) is 16.1 Å². The van der Waals surface area contributed by atoms with Crippen molar-refractivity contribution in [1.29, 1.82) is 5.26 Å². The molecule has 1 aromatic heterocycles. The van der Waals surface area contributed by atoms with Crippen molar-refractivity contribution >= 4 is 23.2 Å². The van der Waals surface area contributed by atoms with E-state index < -0.39 is 11.8 Å². The average Bonchev–Trinajstić information content (AvgIpc) is 2.68. The van der Waals surface area contributed by atoms with Crippen LogP contribution in [0.4, 0.5) is 0 Å². The standard InChI is InChI=1S/C9H10N4O2S/c1-6-5-16-7(13-6)4-12-9(15)8(14)11-3-2-10/h5H,3-4H2,1H3,(H,11,14)(H,12,15). The molecule has 16 heavy (non-hydrogen) atoms. The Morgan fingerprint density at radius 1 is 1.50 bits per heavy atom. The van der Waals surface area contributed by atoms with Crippen LogP contribution in [0, 0.1) is 18.3 Å². The van der Waals surface area contributed by atoms with Crippen LogP contribution >= 0.6 is 11.3 Å². The first kappa shape index (κ1) is 12.1. The van der Waals surface area contributed by atoms with Gasteiger partial charge in [0.15, 0.2) is 0 Å². The van der Waals surface area contributed by atoms with E-state index in [1.165, 1.54) is 11.3 Å². The Bertz CT molecular complexity index is 435. The number of nitrogens with zero attached hydrogens (tertiary/aromatic N) is 2. The summed E-state index contributed by atoms with van der Waals surface area (Å²) in [6.45, 7) is 1.89. The Morgan fingerprint density at radius 3 is 2.75 bits per heavy atom. The van der Waals surface area contributed by atoms with Crippen molar-refractivity contribution in [3.8, 4) is 6.07 Å². The molecule has 0 aliphatic carbocycles. The van der Waals surface area contributed by atoms with E-state index in [1.54, 1.807) is 6.07 Å². The van der Waals surface area contributed by atoms with Gasteiger partial charge in [-0.05, 0) is 6.92 Å². The van der Waals surface area contributed by atoms with Gasteiger partial charge in [0.2, 0.25) is 0 Å². The second kappa shape index (κ2) is 5.82. The molecule has 0 aliphatic rings. The van der Waals surface area contributed by atoms with Crippen LogP contribution in [0.15, 0.2) is 5.38 Å². The van der Waals surface area contributed by atoms with Crippen molar-refractivity contribution in [3.63, 3.8) is 0 Å². The minimum atomic E-state index is -0.810. The SMILES string of the molecule is Cc1csc(CNC(=O)C(=O)NCC#N)n1. The van der Waals surface area contributed by atoms with Crippen molar-refractivity contribution in [2.75, 3.05) is 6.54 Å². The van der Waals surface area contributed by atoms with E-state index >= 15 is 0 Å². The van der Waals surface area contributed by atoms with Gasteiger partial charge in [-0.15, -0.1) is 11.3 Å². The van der Waals surface area contributed by atoms with Crippen LogP contribution in [0.3, 0.4) is 0 Å². The Morgan fingerprint density at radius 2 is 2.19 bits per heavy atom. The molecule has 2 N–H and O–H groups in total. The summed E-state index contributed by atoms with van der Waals surface area (Å²) >= 11 is 1.41. The first-order valence-corrected chi connectivity index (χ1v) is 5.35. The second-order valence-corrected chi connectivity index (χ2v) is 3.85. The molecule has 0 aromatic carbocycles. The number of thiazole rings is 1. The van der Waals surface area contributed by atoms with Gasteiger partial charge in [0.25, 0.3) is 0 Å². The van der Waals surface area contributed by atoms with Gasteiger partial charge in [-0.3, -0.25) is 9.59 Å². The summed E-state index contributed by atoms with van der Waals surface area (Å²) in [5.74, 6) is -1.57. The maximum Gasteiger partial charge on any atom is 0.310 e. The van der Waals surface area contributed by atoms with Crippen LogP contribution < -0.4 is 10.6 Å². The molecule has 1 aromatic rings. The molecule has 84 valence electrons. The fraction of sp³-hybridized carbons (Fsp3) is 0.333. The molecule has 7 heteroatoms. The number of aryl methyl sites for hydroxylation is 1. The molecule has 0 bridgehead atoms. The molecule has 1 heterocycles. The largest absolute Gasteiger partial charge is 0.341 e. The zero-order valence-corrected chi connectivity index (χ0v) is 9.43. The van der Waals surface area contributed by atoms with E-state index in [2.05, 4.69) is 15.6 Å². The first-order chi connectivity index (χ1) is 7.63.